The fraction of sp³-hybridized carbons (Fsp3) is 0.409. The van der Waals surface area contributed by atoms with Gasteiger partial charge in [-0.25, -0.2) is 0 Å². The number of likely N-dealkylation sites (tertiary alicyclic amines) is 1. The van der Waals surface area contributed by atoms with Crippen LogP contribution in [0, 0.1) is 0 Å². The van der Waals surface area contributed by atoms with Crippen molar-refractivity contribution in [2.75, 3.05) is 13.1 Å². The van der Waals surface area contributed by atoms with Crippen molar-refractivity contribution in [1.82, 2.24) is 15.1 Å². The molecule has 1 unspecified atom stereocenters. The third-order valence-corrected chi connectivity index (χ3v) is 6.75. The molecule has 0 bridgehead atoms. The second-order valence-corrected chi connectivity index (χ2v) is 8.72. The van der Waals surface area contributed by atoms with E-state index < -0.39 is 0 Å². The topological polar surface area (TPSA) is 69.7 Å². The molecule has 1 atom stereocenters. The van der Waals surface area contributed by atoms with Gasteiger partial charge >= 0.3 is 0 Å². The number of benzene rings is 1. The van der Waals surface area contributed by atoms with Gasteiger partial charge in [0.15, 0.2) is 0 Å². The quantitative estimate of drug-likeness (QED) is 0.742. The molecule has 1 fully saturated rings. The first kappa shape index (κ1) is 19.8. The van der Waals surface area contributed by atoms with Gasteiger partial charge in [0.05, 0.1) is 6.54 Å². The average Bonchev–Trinajstić information content (AvgIpc) is 3.33. The van der Waals surface area contributed by atoms with Crippen LogP contribution >= 0.6 is 11.3 Å². The van der Waals surface area contributed by atoms with Gasteiger partial charge in [-0.15, -0.1) is 11.3 Å². The molecule has 4 rings (SSSR count). The van der Waals surface area contributed by atoms with Crippen LogP contribution in [0.4, 0.5) is 0 Å². The highest BCUT2D eigenvalue weighted by Crippen LogP contribution is 2.25. The summed E-state index contributed by atoms with van der Waals surface area (Å²) in [5, 5.41) is 5.18. The molecule has 2 aliphatic rings. The molecule has 0 saturated carbocycles. The second-order valence-electron chi connectivity index (χ2n) is 7.72. The summed E-state index contributed by atoms with van der Waals surface area (Å²) in [5.41, 5.74) is 2.84. The largest absolute Gasteiger partial charge is 0.350 e. The lowest BCUT2D eigenvalue weighted by Crippen LogP contribution is -2.44. The summed E-state index contributed by atoms with van der Waals surface area (Å²) >= 11 is 1.83. The van der Waals surface area contributed by atoms with Gasteiger partial charge in [-0.2, -0.15) is 0 Å². The molecule has 3 amide bonds. The molecule has 0 spiro atoms. The lowest BCUT2D eigenvalue weighted by Gasteiger charge is -2.32. The van der Waals surface area contributed by atoms with Crippen LogP contribution in [-0.2, 0) is 29.1 Å². The Hall–Kier alpha value is -2.51. The monoisotopic (exact) mass is 411 g/mol. The standard InChI is InChI=1S/C22H25N3O3S/c1-15(24-10-8-19-18(14-24)9-11-29-19)12-23-22(28)17-4-2-16(3-5-17)13-25-20(26)6-7-21(25)27/h2-5,9,11,15H,6-8,10,12-14H2,1H3,(H,23,28). The van der Waals surface area contributed by atoms with E-state index >= 15 is 0 Å². The number of fused-ring (bicyclic) bond motifs is 1. The summed E-state index contributed by atoms with van der Waals surface area (Å²) in [6.07, 6.45) is 1.67. The third kappa shape index (κ3) is 4.41. The highest BCUT2D eigenvalue weighted by atomic mass is 32.1. The van der Waals surface area contributed by atoms with Gasteiger partial charge in [0, 0.05) is 49.0 Å². The molecule has 2 aliphatic heterocycles. The predicted molar refractivity (Wildman–Crippen MR) is 111 cm³/mol. The predicted octanol–water partition coefficient (Wildman–Crippen LogP) is 2.57. The maximum Gasteiger partial charge on any atom is 0.251 e. The molecule has 6 nitrogen and oxygen atoms in total. The molecule has 1 aromatic heterocycles. The second kappa shape index (κ2) is 8.47. The minimum Gasteiger partial charge on any atom is -0.350 e. The van der Waals surface area contributed by atoms with Crippen LogP contribution in [0.25, 0.3) is 0 Å². The van der Waals surface area contributed by atoms with E-state index in [1.54, 1.807) is 24.3 Å². The van der Waals surface area contributed by atoms with E-state index in [9.17, 15) is 14.4 Å². The molecular weight excluding hydrogens is 386 g/mol. The fourth-order valence-corrected chi connectivity index (χ4v) is 4.75. The van der Waals surface area contributed by atoms with E-state index in [1.807, 2.05) is 11.3 Å². The number of amides is 3. The van der Waals surface area contributed by atoms with Crippen molar-refractivity contribution in [2.45, 2.75) is 45.3 Å². The van der Waals surface area contributed by atoms with Gasteiger partial charge in [-0.1, -0.05) is 12.1 Å². The van der Waals surface area contributed by atoms with Crippen LogP contribution in [0.2, 0.25) is 0 Å². The number of nitrogens with one attached hydrogen (secondary N) is 1. The lowest BCUT2D eigenvalue weighted by molar-refractivity contribution is -0.139. The molecule has 7 heteroatoms. The van der Waals surface area contributed by atoms with E-state index in [-0.39, 0.29) is 30.3 Å². The minimum absolute atomic E-state index is 0.107. The van der Waals surface area contributed by atoms with Gasteiger partial charge < -0.3 is 5.32 Å². The number of nitrogens with zero attached hydrogens (tertiary/aromatic N) is 2. The number of carbonyl (C=O) groups excluding carboxylic acids is 3. The van der Waals surface area contributed by atoms with Crippen LogP contribution in [0.15, 0.2) is 35.7 Å². The molecular formula is C22H25N3O3S. The first-order chi connectivity index (χ1) is 14.0. The van der Waals surface area contributed by atoms with Crippen LogP contribution < -0.4 is 5.32 Å². The Kier molecular flexibility index (Phi) is 5.78. The molecule has 0 aliphatic carbocycles. The van der Waals surface area contributed by atoms with Crippen molar-refractivity contribution in [3.8, 4) is 0 Å². The van der Waals surface area contributed by atoms with E-state index in [0.717, 1.165) is 25.1 Å². The Morgan fingerprint density at radius 3 is 2.55 bits per heavy atom. The molecule has 1 N–H and O–H groups in total. The Balaban J connectivity index is 1.28. The smallest absolute Gasteiger partial charge is 0.251 e. The fourth-order valence-electron chi connectivity index (χ4n) is 3.86. The van der Waals surface area contributed by atoms with E-state index in [2.05, 4.69) is 28.6 Å². The van der Waals surface area contributed by atoms with Gasteiger partial charge in [-0.3, -0.25) is 24.2 Å². The Labute approximate surface area is 174 Å². The van der Waals surface area contributed by atoms with Crippen LogP contribution in [-0.4, -0.2) is 46.7 Å². The van der Waals surface area contributed by atoms with E-state index in [0.29, 0.717) is 24.9 Å². The molecule has 1 saturated heterocycles. The van der Waals surface area contributed by atoms with E-state index in [4.69, 9.17) is 0 Å². The summed E-state index contributed by atoms with van der Waals surface area (Å²) in [6.45, 7) is 4.98. The summed E-state index contributed by atoms with van der Waals surface area (Å²) in [5.74, 6) is -0.360. The maximum absolute atomic E-state index is 12.5. The number of thiophene rings is 1. The summed E-state index contributed by atoms with van der Waals surface area (Å²) in [6, 6.07) is 9.57. The normalized spacial score (nSPS) is 18.0. The SMILES string of the molecule is CC(CNC(=O)c1ccc(CN2C(=O)CCC2=O)cc1)N1CCc2sccc2C1. The summed E-state index contributed by atoms with van der Waals surface area (Å²) in [4.78, 5) is 41.1. The van der Waals surface area contributed by atoms with Crippen molar-refractivity contribution in [1.29, 1.82) is 0 Å². The van der Waals surface area contributed by atoms with Crippen molar-refractivity contribution >= 4 is 29.1 Å². The molecule has 152 valence electrons. The average molecular weight is 412 g/mol. The minimum atomic E-state index is -0.127. The number of rotatable bonds is 6. The van der Waals surface area contributed by atoms with Crippen LogP contribution in [0.3, 0.4) is 0 Å². The first-order valence-corrected chi connectivity index (χ1v) is 10.9. The molecule has 29 heavy (non-hydrogen) atoms. The highest BCUT2D eigenvalue weighted by molar-refractivity contribution is 7.10. The number of hydrogen-bond acceptors (Lipinski definition) is 5. The van der Waals surface area contributed by atoms with Crippen LogP contribution in [0.1, 0.15) is 46.1 Å². The molecule has 3 heterocycles. The zero-order valence-electron chi connectivity index (χ0n) is 16.5. The summed E-state index contributed by atoms with van der Waals surface area (Å²) < 4.78 is 0. The van der Waals surface area contributed by atoms with Crippen molar-refractivity contribution in [3.63, 3.8) is 0 Å². The zero-order valence-corrected chi connectivity index (χ0v) is 17.3. The summed E-state index contributed by atoms with van der Waals surface area (Å²) in [7, 11) is 0. The number of imide groups is 1. The number of carbonyl (C=O) groups is 3. The van der Waals surface area contributed by atoms with Crippen molar-refractivity contribution < 1.29 is 14.4 Å². The molecule has 0 radical (unpaired) electrons. The Morgan fingerprint density at radius 1 is 1.10 bits per heavy atom. The van der Waals surface area contributed by atoms with Gasteiger partial charge in [-0.05, 0) is 48.1 Å². The van der Waals surface area contributed by atoms with Gasteiger partial charge in [0.1, 0.15) is 0 Å². The maximum atomic E-state index is 12.5. The molecule has 1 aromatic carbocycles. The van der Waals surface area contributed by atoms with E-state index in [1.165, 1.54) is 15.3 Å². The number of hydrogen-bond donors (Lipinski definition) is 1. The zero-order chi connectivity index (χ0) is 20.4. The van der Waals surface area contributed by atoms with Gasteiger partial charge in [0.2, 0.25) is 11.8 Å². The lowest BCUT2D eigenvalue weighted by atomic mass is 10.1. The van der Waals surface area contributed by atoms with Crippen molar-refractivity contribution in [2.24, 2.45) is 0 Å². The highest BCUT2D eigenvalue weighted by Gasteiger charge is 2.28. The molecule has 2 aromatic rings. The first-order valence-electron chi connectivity index (χ1n) is 10.0. The van der Waals surface area contributed by atoms with Crippen LogP contribution in [0.5, 0.6) is 0 Å². The third-order valence-electron chi connectivity index (χ3n) is 5.73. The Morgan fingerprint density at radius 2 is 1.83 bits per heavy atom. The van der Waals surface area contributed by atoms with Crippen molar-refractivity contribution in [3.05, 3.63) is 57.3 Å². The Bertz CT molecular complexity index is 906. The van der Waals surface area contributed by atoms with Gasteiger partial charge in [0.25, 0.3) is 5.91 Å².